The van der Waals surface area contributed by atoms with Gasteiger partial charge in [-0.25, -0.2) is 0 Å². The molecule has 3 aromatic rings. The fourth-order valence-corrected chi connectivity index (χ4v) is 4.31. The van der Waals surface area contributed by atoms with E-state index in [0.29, 0.717) is 5.92 Å². The highest BCUT2D eigenvalue weighted by Crippen LogP contribution is 2.36. The fourth-order valence-electron chi connectivity index (χ4n) is 4.31. The number of phenolic OH excluding ortho intramolecular Hbond substituents is 2. The lowest BCUT2D eigenvalue weighted by atomic mass is 9.81. The second-order valence-corrected chi connectivity index (χ2v) is 7.62. The van der Waals surface area contributed by atoms with Crippen LogP contribution in [0, 0.1) is 0 Å². The largest absolute Gasteiger partial charge is 0.508 e. The van der Waals surface area contributed by atoms with E-state index in [1.54, 1.807) is 24.3 Å². The molecule has 0 saturated heterocycles. The number of phenols is 2. The summed E-state index contributed by atoms with van der Waals surface area (Å²) in [5, 5.41) is 19.3. The molecule has 27 heavy (non-hydrogen) atoms. The number of hydrogen-bond acceptors (Lipinski definition) is 2. The molecule has 0 amide bonds. The van der Waals surface area contributed by atoms with Crippen molar-refractivity contribution in [2.45, 2.75) is 43.9 Å². The Morgan fingerprint density at radius 2 is 0.963 bits per heavy atom. The van der Waals surface area contributed by atoms with Gasteiger partial charge in [0.2, 0.25) is 0 Å². The summed E-state index contributed by atoms with van der Waals surface area (Å²) in [7, 11) is 0. The molecule has 1 aliphatic carbocycles. The van der Waals surface area contributed by atoms with Crippen molar-refractivity contribution >= 4 is 0 Å². The Bertz CT molecular complexity index is 812. The van der Waals surface area contributed by atoms with Gasteiger partial charge in [-0.1, -0.05) is 67.8 Å². The predicted molar refractivity (Wildman–Crippen MR) is 109 cm³/mol. The summed E-state index contributed by atoms with van der Waals surface area (Å²) in [5.74, 6) is 1.33. The minimum atomic E-state index is 0.0756. The lowest BCUT2D eigenvalue weighted by Gasteiger charge is -2.23. The molecule has 1 saturated carbocycles. The first-order valence-corrected chi connectivity index (χ1v) is 9.88. The Morgan fingerprint density at radius 3 is 1.41 bits per heavy atom. The van der Waals surface area contributed by atoms with Crippen LogP contribution in [0.2, 0.25) is 0 Å². The van der Waals surface area contributed by atoms with Crippen molar-refractivity contribution in [3.63, 3.8) is 0 Å². The summed E-state index contributed by atoms with van der Waals surface area (Å²) in [4.78, 5) is 0. The molecular weight excluding hydrogens is 332 g/mol. The van der Waals surface area contributed by atoms with E-state index in [-0.39, 0.29) is 17.4 Å². The molecule has 0 aliphatic heterocycles. The van der Waals surface area contributed by atoms with Crippen LogP contribution in [-0.2, 0) is 0 Å². The third-order valence-corrected chi connectivity index (χ3v) is 5.80. The quantitative estimate of drug-likeness (QED) is 0.535. The Hall–Kier alpha value is -2.74. The molecule has 0 spiro atoms. The maximum Gasteiger partial charge on any atom is 0.115 e. The number of rotatable bonds is 4. The van der Waals surface area contributed by atoms with Crippen molar-refractivity contribution in [3.05, 3.63) is 95.1 Å². The zero-order chi connectivity index (χ0) is 18.6. The molecule has 1 aliphatic rings. The highest BCUT2D eigenvalue weighted by atomic mass is 16.3. The van der Waals surface area contributed by atoms with Gasteiger partial charge in [-0.2, -0.15) is 0 Å². The molecule has 0 aromatic heterocycles. The average molecular weight is 358 g/mol. The van der Waals surface area contributed by atoms with Gasteiger partial charge < -0.3 is 10.2 Å². The Labute approximate surface area is 161 Å². The van der Waals surface area contributed by atoms with Gasteiger partial charge >= 0.3 is 0 Å². The second-order valence-electron chi connectivity index (χ2n) is 7.62. The minimum absolute atomic E-state index is 0.0756. The molecule has 3 aromatic carbocycles. The molecule has 2 N–H and O–H groups in total. The molecule has 0 bridgehead atoms. The molecule has 2 heteroatoms. The van der Waals surface area contributed by atoms with E-state index in [4.69, 9.17) is 0 Å². The van der Waals surface area contributed by atoms with Crippen molar-refractivity contribution in [1.29, 1.82) is 0 Å². The van der Waals surface area contributed by atoms with E-state index in [9.17, 15) is 10.2 Å². The van der Waals surface area contributed by atoms with Gasteiger partial charge in [-0.15, -0.1) is 0 Å². The van der Waals surface area contributed by atoms with Crippen LogP contribution >= 0.6 is 0 Å². The number of aromatic hydroxyl groups is 2. The van der Waals surface area contributed by atoms with Crippen LogP contribution in [0.3, 0.4) is 0 Å². The SMILES string of the molecule is Oc1ccc(C(c2ccc(O)cc2)c2ccc(C3CCCCC3)cc2)cc1. The van der Waals surface area contributed by atoms with Gasteiger partial charge in [0, 0.05) is 5.92 Å². The van der Waals surface area contributed by atoms with Gasteiger partial charge in [0.1, 0.15) is 11.5 Å². The highest BCUT2D eigenvalue weighted by Gasteiger charge is 2.19. The molecule has 138 valence electrons. The van der Waals surface area contributed by atoms with Crippen LogP contribution in [-0.4, -0.2) is 10.2 Å². The lowest BCUT2D eigenvalue weighted by molar-refractivity contribution is 0.443. The lowest BCUT2D eigenvalue weighted by Crippen LogP contribution is -2.06. The topological polar surface area (TPSA) is 40.5 Å². The number of benzene rings is 3. The Balaban J connectivity index is 1.69. The molecule has 0 radical (unpaired) electrons. The molecule has 2 nitrogen and oxygen atoms in total. The molecule has 4 rings (SSSR count). The van der Waals surface area contributed by atoms with Crippen molar-refractivity contribution in [2.24, 2.45) is 0 Å². The van der Waals surface area contributed by atoms with E-state index >= 15 is 0 Å². The van der Waals surface area contributed by atoms with E-state index in [2.05, 4.69) is 24.3 Å². The zero-order valence-electron chi connectivity index (χ0n) is 15.5. The molecule has 0 heterocycles. The first-order chi connectivity index (χ1) is 13.2. The summed E-state index contributed by atoms with van der Waals surface area (Å²) in [5.41, 5.74) is 4.94. The zero-order valence-corrected chi connectivity index (χ0v) is 15.5. The van der Waals surface area contributed by atoms with Gasteiger partial charge in [-0.3, -0.25) is 0 Å². The van der Waals surface area contributed by atoms with E-state index in [1.807, 2.05) is 24.3 Å². The standard InChI is InChI=1S/C25H26O2/c26-23-14-10-21(11-15-23)25(22-12-16-24(27)17-13-22)20-8-6-19(7-9-20)18-4-2-1-3-5-18/h6-18,25-27H,1-5H2. The Morgan fingerprint density at radius 1 is 0.556 bits per heavy atom. The summed E-state index contributed by atoms with van der Waals surface area (Å²) in [6.07, 6.45) is 6.67. The van der Waals surface area contributed by atoms with Crippen molar-refractivity contribution in [1.82, 2.24) is 0 Å². The maximum atomic E-state index is 9.66. The van der Waals surface area contributed by atoms with Crippen molar-refractivity contribution in [3.8, 4) is 11.5 Å². The summed E-state index contributed by atoms with van der Waals surface area (Å²) in [6, 6.07) is 23.9. The Kier molecular flexibility index (Phi) is 5.15. The first kappa shape index (κ1) is 17.7. The van der Waals surface area contributed by atoms with Gasteiger partial charge in [0.15, 0.2) is 0 Å². The van der Waals surface area contributed by atoms with Gasteiger partial charge in [-0.05, 0) is 65.3 Å². The summed E-state index contributed by atoms with van der Waals surface area (Å²) < 4.78 is 0. The van der Waals surface area contributed by atoms with E-state index in [0.717, 1.165) is 11.1 Å². The molecule has 0 atom stereocenters. The first-order valence-electron chi connectivity index (χ1n) is 9.88. The third kappa shape index (κ3) is 4.00. The minimum Gasteiger partial charge on any atom is -0.508 e. The monoisotopic (exact) mass is 358 g/mol. The molecule has 0 unspecified atom stereocenters. The maximum absolute atomic E-state index is 9.66. The highest BCUT2D eigenvalue weighted by molar-refractivity contribution is 5.46. The molecular formula is C25H26O2. The fraction of sp³-hybridized carbons (Fsp3) is 0.280. The predicted octanol–water partition coefficient (Wildman–Crippen LogP) is 6.33. The van der Waals surface area contributed by atoms with E-state index < -0.39 is 0 Å². The number of hydrogen-bond donors (Lipinski definition) is 2. The van der Waals surface area contributed by atoms with Crippen LogP contribution in [0.5, 0.6) is 11.5 Å². The normalized spacial score (nSPS) is 15.1. The van der Waals surface area contributed by atoms with Crippen LogP contribution < -0.4 is 0 Å². The molecule has 1 fully saturated rings. The summed E-state index contributed by atoms with van der Waals surface area (Å²) in [6.45, 7) is 0. The van der Waals surface area contributed by atoms with Gasteiger partial charge in [0.25, 0.3) is 0 Å². The summed E-state index contributed by atoms with van der Waals surface area (Å²) >= 11 is 0. The van der Waals surface area contributed by atoms with E-state index in [1.165, 1.54) is 43.2 Å². The van der Waals surface area contributed by atoms with Crippen molar-refractivity contribution < 1.29 is 10.2 Å². The third-order valence-electron chi connectivity index (χ3n) is 5.80. The average Bonchev–Trinajstić information content (AvgIpc) is 2.72. The second kappa shape index (κ2) is 7.87. The van der Waals surface area contributed by atoms with Crippen LogP contribution in [0.1, 0.15) is 66.2 Å². The van der Waals surface area contributed by atoms with Crippen LogP contribution in [0.25, 0.3) is 0 Å². The van der Waals surface area contributed by atoms with Crippen LogP contribution in [0.15, 0.2) is 72.8 Å². The van der Waals surface area contributed by atoms with Crippen LogP contribution in [0.4, 0.5) is 0 Å². The van der Waals surface area contributed by atoms with Crippen molar-refractivity contribution in [2.75, 3.05) is 0 Å². The van der Waals surface area contributed by atoms with Gasteiger partial charge in [0.05, 0.1) is 0 Å². The smallest absolute Gasteiger partial charge is 0.115 e.